The van der Waals surface area contributed by atoms with Gasteiger partial charge in [-0.2, -0.15) is 0 Å². The number of halogens is 2. The van der Waals surface area contributed by atoms with Gasteiger partial charge in [0.05, 0.1) is 18.1 Å². The van der Waals surface area contributed by atoms with Crippen LogP contribution in [-0.2, 0) is 5.67 Å². The molecule has 0 radical (unpaired) electrons. The summed E-state index contributed by atoms with van der Waals surface area (Å²) >= 11 is 5.47. The molecule has 0 fully saturated rings. The van der Waals surface area contributed by atoms with E-state index in [2.05, 4.69) is 9.97 Å². The molecule has 11 heavy (non-hydrogen) atoms. The molecule has 0 amide bonds. The molecule has 0 unspecified atom stereocenters. The smallest absolute Gasteiger partial charge is 0.148 e. The van der Waals surface area contributed by atoms with Gasteiger partial charge in [0.2, 0.25) is 0 Å². The Balaban J connectivity index is 2.99. The first-order chi connectivity index (χ1) is 5.00. The Morgan fingerprint density at radius 3 is 2.36 bits per heavy atom. The SMILES string of the molecule is CC(C)(F)c1cnc(Cl)cn1. The van der Waals surface area contributed by atoms with Gasteiger partial charge < -0.3 is 0 Å². The van der Waals surface area contributed by atoms with Crippen LogP contribution in [0.5, 0.6) is 0 Å². The van der Waals surface area contributed by atoms with E-state index in [1.54, 1.807) is 0 Å². The third-order valence-corrected chi connectivity index (χ3v) is 1.42. The van der Waals surface area contributed by atoms with E-state index in [-0.39, 0.29) is 5.15 Å². The molecule has 60 valence electrons. The van der Waals surface area contributed by atoms with Crippen molar-refractivity contribution in [2.45, 2.75) is 19.5 Å². The minimum atomic E-state index is -1.45. The van der Waals surface area contributed by atoms with Gasteiger partial charge in [-0.05, 0) is 13.8 Å². The van der Waals surface area contributed by atoms with Crippen LogP contribution in [0.2, 0.25) is 5.15 Å². The lowest BCUT2D eigenvalue weighted by Gasteiger charge is -2.11. The number of alkyl halides is 1. The predicted octanol–water partition coefficient (Wildman–Crippen LogP) is 2.33. The summed E-state index contributed by atoms with van der Waals surface area (Å²) in [6.07, 6.45) is 2.67. The van der Waals surface area contributed by atoms with Gasteiger partial charge in [-0.15, -0.1) is 0 Å². The zero-order chi connectivity index (χ0) is 8.48. The lowest BCUT2D eigenvalue weighted by atomic mass is 10.1. The van der Waals surface area contributed by atoms with E-state index in [0.717, 1.165) is 0 Å². The molecule has 2 nitrogen and oxygen atoms in total. The van der Waals surface area contributed by atoms with Crippen molar-refractivity contribution in [3.05, 3.63) is 23.2 Å². The highest BCUT2D eigenvalue weighted by Crippen LogP contribution is 2.21. The van der Waals surface area contributed by atoms with Gasteiger partial charge in [-0.25, -0.2) is 9.37 Å². The number of hydrogen-bond donors (Lipinski definition) is 0. The largest absolute Gasteiger partial charge is 0.253 e. The van der Waals surface area contributed by atoms with E-state index < -0.39 is 5.67 Å². The van der Waals surface area contributed by atoms with Crippen molar-refractivity contribution < 1.29 is 4.39 Å². The van der Waals surface area contributed by atoms with E-state index in [1.165, 1.54) is 26.2 Å². The average molecular weight is 175 g/mol. The lowest BCUT2D eigenvalue weighted by molar-refractivity contribution is 0.213. The molecule has 0 aliphatic rings. The molecule has 1 aromatic heterocycles. The maximum absolute atomic E-state index is 13.1. The summed E-state index contributed by atoms with van der Waals surface area (Å²) in [4.78, 5) is 7.49. The third kappa shape index (κ3) is 2.12. The van der Waals surface area contributed by atoms with Crippen LogP contribution < -0.4 is 0 Å². The topological polar surface area (TPSA) is 25.8 Å². The monoisotopic (exact) mass is 174 g/mol. The van der Waals surface area contributed by atoms with Gasteiger partial charge in [0.15, 0.2) is 0 Å². The van der Waals surface area contributed by atoms with Crippen molar-refractivity contribution >= 4 is 11.6 Å². The second-order valence-electron chi connectivity index (χ2n) is 2.70. The van der Waals surface area contributed by atoms with Crippen molar-refractivity contribution in [3.8, 4) is 0 Å². The van der Waals surface area contributed by atoms with E-state index in [0.29, 0.717) is 5.69 Å². The molecule has 1 aromatic rings. The van der Waals surface area contributed by atoms with Crippen molar-refractivity contribution in [3.63, 3.8) is 0 Å². The van der Waals surface area contributed by atoms with Crippen molar-refractivity contribution in [2.24, 2.45) is 0 Å². The van der Waals surface area contributed by atoms with Crippen LogP contribution in [-0.4, -0.2) is 9.97 Å². The van der Waals surface area contributed by atoms with Gasteiger partial charge in [0.1, 0.15) is 10.8 Å². The fourth-order valence-electron chi connectivity index (χ4n) is 0.619. The molecule has 1 rings (SSSR count). The molecule has 0 aliphatic carbocycles. The molecule has 0 aromatic carbocycles. The molecule has 0 saturated heterocycles. The molecule has 1 heterocycles. The Kier molecular flexibility index (Phi) is 2.09. The van der Waals surface area contributed by atoms with Gasteiger partial charge in [0, 0.05) is 0 Å². The molecular weight excluding hydrogens is 167 g/mol. The molecule has 4 heteroatoms. The molecule has 0 N–H and O–H groups in total. The second kappa shape index (κ2) is 2.74. The summed E-state index contributed by atoms with van der Waals surface area (Å²) in [6, 6.07) is 0. The first kappa shape index (κ1) is 8.40. The molecule has 0 bridgehead atoms. The van der Waals surface area contributed by atoms with Gasteiger partial charge >= 0.3 is 0 Å². The Hall–Kier alpha value is -0.700. The van der Waals surface area contributed by atoms with Crippen LogP contribution in [0.1, 0.15) is 19.5 Å². The maximum Gasteiger partial charge on any atom is 0.148 e. The van der Waals surface area contributed by atoms with Gasteiger partial charge in [-0.1, -0.05) is 11.6 Å². The fraction of sp³-hybridized carbons (Fsp3) is 0.429. The number of hydrogen-bond acceptors (Lipinski definition) is 2. The second-order valence-corrected chi connectivity index (χ2v) is 3.08. The van der Waals surface area contributed by atoms with Crippen molar-refractivity contribution in [1.29, 1.82) is 0 Å². The summed E-state index contributed by atoms with van der Waals surface area (Å²) in [6.45, 7) is 2.84. The van der Waals surface area contributed by atoms with E-state index in [9.17, 15) is 4.39 Å². The summed E-state index contributed by atoms with van der Waals surface area (Å²) in [7, 11) is 0. The van der Waals surface area contributed by atoms with Crippen molar-refractivity contribution in [1.82, 2.24) is 9.97 Å². The third-order valence-electron chi connectivity index (χ3n) is 1.23. The Morgan fingerprint density at radius 2 is 2.00 bits per heavy atom. The molecule has 0 spiro atoms. The fourth-order valence-corrected chi connectivity index (χ4v) is 0.717. The van der Waals surface area contributed by atoms with Gasteiger partial charge in [-0.3, -0.25) is 4.98 Å². The maximum atomic E-state index is 13.1. The van der Waals surface area contributed by atoms with E-state index in [4.69, 9.17) is 11.6 Å². The molecule has 0 aliphatic heterocycles. The van der Waals surface area contributed by atoms with E-state index >= 15 is 0 Å². The highest BCUT2D eigenvalue weighted by Gasteiger charge is 2.20. The highest BCUT2D eigenvalue weighted by atomic mass is 35.5. The number of rotatable bonds is 1. The van der Waals surface area contributed by atoms with Crippen molar-refractivity contribution in [2.75, 3.05) is 0 Å². The Bertz CT molecular complexity index is 240. The van der Waals surface area contributed by atoms with Crippen LogP contribution in [0.3, 0.4) is 0 Å². The minimum absolute atomic E-state index is 0.276. The van der Waals surface area contributed by atoms with E-state index in [1.807, 2.05) is 0 Å². The highest BCUT2D eigenvalue weighted by molar-refractivity contribution is 6.29. The zero-order valence-corrected chi connectivity index (χ0v) is 7.06. The summed E-state index contributed by atoms with van der Waals surface area (Å²) in [5.74, 6) is 0. The summed E-state index contributed by atoms with van der Waals surface area (Å²) in [5.41, 5.74) is -1.15. The number of aromatic nitrogens is 2. The summed E-state index contributed by atoms with van der Waals surface area (Å²) < 4.78 is 13.1. The van der Waals surface area contributed by atoms with Crippen LogP contribution in [0, 0.1) is 0 Å². The van der Waals surface area contributed by atoms with Crippen LogP contribution in [0.4, 0.5) is 4.39 Å². The molecule has 0 atom stereocenters. The lowest BCUT2D eigenvalue weighted by Crippen LogP contribution is -2.11. The van der Waals surface area contributed by atoms with Crippen LogP contribution in [0.15, 0.2) is 12.4 Å². The first-order valence-electron chi connectivity index (χ1n) is 3.17. The zero-order valence-electron chi connectivity index (χ0n) is 6.31. The molecule has 0 saturated carbocycles. The predicted molar refractivity (Wildman–Crippen MR) is 41.2 cm³/mol. The first-order valence-corrected chi connectivity index (χ1v) is 3.55. The Labute approximate surface area is 69.4 Å². The quantitative estimate of drug-likeness (QED) is 0.653. The van der Waals surface area contributed by atoms with Crippen LogP contribution >= 0.6 is 11.6 Å². The number of nitrogens with zero attached hydrogens (tertiary/aromatic N) is 2. The molecular formula is C7H8ClFN2. The van der Waals surface area contributed by atoms with Crippen LogP contribution in [0.25, 0.3) is 0 Å². The minimum Gasteiger partial charge on any atom is -0.253 e. The Morgan fingerprint density at radius 1 is 1.36 bits per heavy atom. The van der Waals surface area contributed by atoms with Gasteiger partial charge in [0.25, 0.3) is 0 Å². The average Bonchev–Trinajstić information content (AvgIpc) is 1.86. The standard InChI is InChI=1S/C7H8ClFN2/c1-7(2,9)5-3-11-6(8)4-10-5/h3-4H,1-2H3. The normalized spacial score (nSPS) is 11.6. The summed E-state index contributed by atoms with van der Waals surface area (Å²) in [5, 5.41) is 0.276.